The Labute approximate surface area is 181 Å². The van der Waals surface area contributed by atoms with E-state index in [2.05, 4.69) is 37.8 Å². The van der Waals surface area contributed by atoms with Crippen LogP contribution in [0.4, 0.5) is 4.39 Å². The summed E-state index contributed by atoms with van der Waals surface area (Å²) in [5.74, 6) is 1.54. The van der Waals surface area contributed by atoms with Gasteiger partial charge in [0, 0.05) is 24.5 Å². The minimum atomic E-state index is -3.66. The van der Waals surface area contributed by atoms with E-state index in [0.717, 1.165) is 42.9 Å². The second-order valence-electron chi connectivity index (χ2n) is 11.0. The molecular formula is C25H40FNO3. The maximum atomic E-state index is 13.9. The van der Waals surface area contributed by atoms with Gasteiger partial charge in [0.1, 0.15) is 0 Å². The van der Waals surface area contributed by atoms with Gasteiger partial charge in [-0.1, -0.05) is 39.8 Å². The second kappa shape index (κ2) is 8.16. The fraction of sp³-hybridized carbons (Fsp3) is 0.760. The number of benzene rings is 1. The molecule has 0 bridgehead atoms. The lowest BCUT2D eigenvalue weighted by Gasteiger charge is -2.45. The van der Waals surface area contributed by atoms with E-state index in [0.29, 0.717) is 12.5 Å². The quantitative estimate of drug-likeness (QED) is 0.600. The van der Waals surface area contributed by atoms with E-state index in [1.165, 1.54) is 36.9 Å². The average Bonchev–Trinajstić information content (AvgIpc) is 2.60. The molecule has 1 fully saturated rings. The maximum absolute atomic E-state index is 13.9. The zero-order valence-electron chi connectivity index (χ0n) is 19.5. The van der Waals surface area contributed by atoms with Crippen molar-refractivity contribution in [1.29, 1.82) is 0 Å². The van der Waals surface area contributed by atoms with Crippen LogP contribution in [-0.4, -0.2) is 45.0 Å². The number of alkyl halides is 1. The molecule has 1 saturated heterocycles. The third-order valence-electron chi connectivity index (χ3n) is 7.78. The predicted octanol–water partition coefficient (Wildman–Crippen LogP) is 4.28. The summed E-state index contributed by atoms with van der Waals surface area (Å²) in [5, 5.41) is 29.4. The number of nitrogens with zero attached hydrogens (tertiary/aromatic N) is 1. The number of hydrogen-bond donors (Lipinski definition) is 3. The molecule has 2 aliphatic rings. The maximum Gasteiger partial charge on any atom is 0.345 e. The summed E-state index contributed by atoms with van der Waals surface area (Å²) >= 11 is 0. The van der Waals surface area contributed by atoms with Gasteiger partial charge in [-0.05, 0) is 80.0 Å². The van der Waals surface area contributed by atoms with Crippen LogP contribution in [-0.2, 0) is 12.8 Å². The van der Waals surface area contributed by atoms with Crippen molar-refractivity contribution in [3.8, 4) is 0 Å². The molecule has 0 aliphatic carbocycles. The van der Waals surface area contributed by atoms with Crippen LogP contribution in [0.5, 0.6) is 0 Å². The zero-order chi connectivity index (χ0) is 22.5. The van der Waals surface area contributed by atoms with Gasteiger partial charge in [0.05, 0.1) is 0 Å². The first kappa shape index (κ1) is 23.6. The van der Waals surface area contributed by atoms with Gasteiger partial charge in [0.2, 0.25) is 0 Å². The summed E-state index contributed by atoms with van der Waals surface area (Å²) in [4.78, 5) is 2.65. The molecule has 1 aromatic carbocycles. The summed E-state index contributed by atoms with van der Waals surface area (Å²) in [6.45, 7) is 13.4. The Morgan fingerprint density at radius 3 is 2.40 bits per heavy atom. The average molecular weight is 422 g/mol. The molecule has 3 atom stereocenters. The molecule has 0 aromatic heterocycles. The van der Waals surface area contributed by atoms with E-state index < -0.39 is 17.1 Å². The summed E-state index contributed by atoms with van der Waals surface area (Å²) in [6, 6.07) is 1.30. The van der Waals surface area contributed by atoms with Crippen molar-refractivity contribution in [2.75, 3.05) is 13.1 Å². The van der Waals surface area contributed by atoms with Crippen LogP contribution >= 0.6 is 0 Å². The molecule has 3 rings (SSSR count). The van der Waals surface area contributed by atoms with Crippen molar-refractivity contribution in [2.24, 2.45) is 17.3 Å². The van der Waals surface area contributed by atoms with Gasteiger partial charge in [-0.3, -0.25) is 4.90 Å². The van der Waals surface area contributed by atoms with Crippen LogP contribution in [0, 0.1) is 24.2 Å². The molecule has 2 aliphatic heterocycles. The topological polar surface area (TPSA) is 63.9 Å². The molecule has 170 valence electrons. The van der Waals surface area contributed by atoms with Crippen molar-refractivity contribution in [3.63, 3.8) is 0 Å². The summed E-state index contributed by atoms with van der Waals surface area (Å²) in [7, 11) is 0. The van der Waals surface area contributed by atoms with Crippen molar-refractivity contribution in [2.45, 2.75) is 91.3 Å². The van der Waals surface area contributed by atoms with Crippen molar-refractivity contribution in [3.05, 3.63) is 34.4 Å². The lowest BCUT2D eigenvalue weighted by atomic mass is 9.69. The van der Waals surface area contributed by atoms with Crippen LogP contribution in [0.1, 0.15) is 82.2 Å². The smallest absolute Gasteiger partial charge is 0.345 e. The predicted molar refractivity (Wildman–Crippen MR) is 118 cm³/mol. The number of fused-ring (bicyclic) bond motifs is 3. The van der Waals surface area contributed by atoms with Gasteiger partial charge in [0.15, 0.2) is 5.60 Å². The van der Waals surface area contributed by atoms with Crippen molar-refractivity contribution in [1.82, 2.24) is 4.90 Å². The van der Waals surface area contributed by atoms with E-state index in [1.807, 2.05) is 0 Å². The highest BCUT2D eigenvalue weighted by Crippen LogP contribution is 2.44. The highest BCUT2D eigenvalue weighted by Gasteiger charge is 2.55. The molecule has 0 spiro atoms. The lowest BCUT2D eigenvalue weighted by Crippen LogP contribution is -2.58. The van der Waals surface area contributed by atoms with Crippen molar-refractivity contribution >= 4 is 0 Å². The van der Waals surface area contributed by atoms with E-state index >= 15 is 0 Å². The molecule has 1 aromatic rings. The Bertz CT molecular complexity index is 766. The fourth-order valence-corrected chi connectivity index (χ4v) is 5.47. The summed E-state index contributed by atoms with van der Waals surface area (Å²) in [6.07, 6.45) is 5.13. The van der Waals surface area contributed by atoms with E-state index in [4.69, 9.17) is 0 Å². The molecule has 2 heterocycles. The number of hydrogen-bond acceptors (Lipinski definition) is 4. The molecular weight excluding hydrogens is 381 g/mol. The van der Waals surface area contributed by atoms with E-state index in [-0.39, 0.29) is 0 Å². The summed E-state index contributed by atoms with van der Waals surface area (Å²) < 4.78 is 13.9. The molecule has 0 amide bonds. The molecule has 4 nitrogen and oxygen atoms in total. The number of piperidine rings is 1. The largest absolute Gasteiger partial charge is 0.381 e. The number of rotatable bonds is 6. The minimum absolute atomic E-state index is 0.358. The third kappa shape index (κ3) is 4.45. The minimum Gasteiger partial charge on any atom is -0.381 e. The highest BCUT2D eigenvalue weighted by atomic mass is 19.2. The third-order valence-corrected chi connectivity index (χ3v) is 7.78. The van der Waals surface area contributed by atoms with Gasteiger partial charge in [0.25, 0.3) is 0 Å². The van der Waals surface area contributed by atoms with E-state index in [9.17, 15) is 19.7 Å². The second-order valence-corrected chi connectivity index (χ2v) is 11.0. The lowest BCUT2D eigenvalue weighted by molar-refractivity contribution is -0.369. The molecule has 0 saturated carbocycles. The Hall–Kier alpha value is -1.01. The Balaban J connectivity index is 1.82. The van der Waals surface area contributed by atoms with Gasteiger partial charge in [-0.15, -0.1) is 0 Å². The number of aryl methyl sites for hydroxylation is 1. The van der Waals surface area contributed by atoms with Gasteiger partial charge >= 0.3 is 6.04 Å². The van der Waals surface area contributed by atoms with Crippen LogP contribution in [0.2, 0.25) is 0 Å². The first-order valence-corrected chi connectivity index (χ1v) is 11.5. The van der Waals surface area contributed by atoms with Crippen LogP contribution in [0.3, 0.4) is 0 Å². The monoisotopic (exact) mass is 421 g/mol. The Morgan fingerprint density at radius 2 is 1.80 bits per heavy atom. The number of aliphatic hydroxyl groups is 3. The zero-order valence-corrected chi connectivity index (χ0v) is 19.5. The molecule has 0 radical (unpaired) electrons. The molecule has 3 unspecified atom stereocenters. The summed E-state index contributed by atoms with van der Waals surface area (Å²) in [5.41, 5.74) is 1.54. The Kier molecular flexibility index (Phi) is 6.43. The molecule has 30 heavy (non-hydrogen) atoms. The first-order valence-electron chi connectivity index (χ1n) is 11.5. The standard InChI is InChI=1S/C25H40FNO3/c1-16(2)11-18-7-8-22-21-12-17(3)20(13-19(21)9-10-27(22)15-18)14-23(4,5)24(6,28)25(26,29)30/h12-13,16,18,22,28-30H,7-11,14-15H2,1-6H3. The molecule has 3 N–H and O–H groups in total. The van der Waals surface area contributed by atoms with Gasteiger partial charge < -0.3 is 15.3 Å². The Morgan fingerprint density at radius 1 is 1.13 bits per heavy atom. The molecule has 5 heteroatoms. The highest BCUT2D eigenvalue weighted by molar-refractivity contribution is 5.42. The van der Waals surface area contributed by atoms with Crippen LogP contribution in [0.25, 0.3) is 0 Å². The first-order chi connectivity index (χ1) is 13.7. The SMILES string of the molecule is Cc1cc2c(cc1CC(C)(C)C(C)(O)C(O)(O)F)CCN1CC(CC(C)C)CCC21. The van der Waals surface area contributed by atoms with E-state index in [1.54, 1.807) is 13.8 Å². The fourth-order valence-electron chi connectivity index (χ4n) is 5.47. The van der Waals surface area contributed by atoms with Crippen LogP contribution < -0.4 is 0 Å². The van der Waals surface area contributed by atoms with Crippen LogP contribution in [0.15, 0.2) is 12.1 Å². The van der Waals surface area contributed by atoms with Gasteiger partial charge in [-0.2, -0.15) is 4.39 Å². The number of halogens is 1. The van der Waals surface area contributed by atoms with Crippen molar-refractivity contribution < 1.29 is 19.7 Å². The normalized spacial score (nSPS) is 25.0. The van der Waals surface area contributed by atoms with Gasteiger partial charge in [-0.25, -0.2) is 0 Å².